The second kappa shape index (κ2) is 8.73. The van der Waals surface area contributed by atoms with Crippen LogP contribution >= 0.6 is 0 Å². The molecule has 6 heteroatoms. The number of likely N-dealkylation sites (tertiary alicyclic amines) is 1. The van der Waals surface area contributed by atoms with Crippen LogP contribution in [0.15, 0.2) is 66.0 Å². The van der Waals surface area contributed by atoms with Gasteiger partial charge in [0.05, 0.1) is 18.1 Å². The maximum atomic E-state index is 12.5. The summed E-state index contributed by atoms with van der Waals surface area (Å²) in [7, 11) is 0. The summed E-state index contributed by atoms with van der Waals surface area (Å²) in [4.78, 5) is 14.8. The number of benzene rings is 1. The van der Waals surface area contributed by atoms with Crippen molar-refractivity contribution in [1.82, 2.24) is 10.2 Å². The quantitative estimate of drug-likeness (QED) is 0.492. The average molecular weight is 423 g/mol. The van der Waals surface area contributed by atoms with Crippen molar-refractivity contribution in [3.05, 3.63) is 72.7 Å². The minimum absolute atomic E-state index is 0.0601. The van der Waals surface area contributed by atoms with Gasteiger partial charge in [-0.3, -0.25) is 9.69 Å². The Hall–Kier alpha value is -2.83. The fourth-order valence-electron chi connectivity index (χ4n) is 5.32. The fourth-order valence-corrected chi connectivity index (χ4v) is 5.32. The molecule has 3 atom stereocenters. The number of amides is 1. The highest BCUT2D eigenvalue weighted by atomic mass is 16.3. The summed E-state index contributed by atoms with van der Waals surface area (Å²) in [5.41, 5.74) is 0.296. The molecule has 0 radical (unpaired) electrons. The molecule has 6 nitrogen and oxygen atoms in total. The van der Waals surface area contributed by atoms with Crippen LogP contribution in [-0.4, -0.2) is 52.3 Å². The van der Waals surface area contributed by atoms with Crippen LogP contribution < -0.4 is 5.32 Å². The van der Waals surface area contributed by atoms with Gasteiger partial charge >= 0.3 is 0 Å². The first kappa shape index (κ1) is 21.4. The molecule has 1 saturated carbocycles. The molecule has 1 aromatic carbocycles. The number of phenols is 1. The summed E-state index contributed by atoms with van der Waals surface area (Å²) < 4.78 is 5.02. The van der Waals surface area contributed by atoms with E-state index in [2.05, 4.69) is 16.8 Å². The van der Waals surface area contributed by atoms with Gasteiger partial charge in [-0.2, -0.15) is 0 Å². The lowest BCUT2D eigenvalue weighted by molar-refractivity contribution is -0.130. The van der Waals surface area contributed by atoms with Gasteiger partial charge < -0.3 is 19.9 Å². The molecule has 4 rings (SSSR count). The summed E-state index contributed by atoms with van der Waals surface area (Å²) in [6.45, 7) is 5.94. The Balaban J connectivity index is 1.57. The molecule has 31 heavy (non-hydrogen) atoms. The van der Waals surface area contributed by atoms with Crippen molar-refractivity contribution in [1.29, 1.82) is 0 Å². The van der Waals surface area contributed by atoms with Crippen LogP contribution in [0.5, 0.6) is 5.75 Å². The molecule has 2 heterocycles. The molecular formula is C25H30N2O4. The highest BCUT2D eigenvalue weighted by Crippen LogP contribution is 2.52. The van der Waals surface area contributed by atoms with Crippen molar-refractivity contribution in [3.8, 4) is 5.75 Å². The van der Waals surface area contributed by atoms with Crippen LogP contribution in [0.1, 0.15) is 36.8 Å². The Kier molecular flexibility index (Phi) is 6.03. The number of aromatic hydroxyl groups is 1. The van der Waals surface area contributed by atoms with E-state index in [1.807, 2.05) is 18.2 Å². The number of rotatable bonds is 6. The predicted molar refractivity (Wildman–Crippen MR) is 120 cm³/mol. The van der Waals surface area contributed by atoms with Crippen LogP contribution in [0.4, 0.5) is 0 Å². The SMILES string of the molecule is C=CCN1CC[C@@]2(c3cccc(O)c3)C[C@H](NC(=O)/C=C/c3ccoc3)CC[C@]2(O)C1. The number of carbonyl (C=O) groups excluding carboxylic acids is 1. The normalized spacial score (nSPS) is 28.9. The number of fused-ring (bicyclic) bond motifs is 1. The minimum atomic E-state index is -0.935. The van der Waals surface area contributed by atoms with Gasteiger partial charge in [0, 0.05) is 36.2 Å². The van der Waals surface area contributed by atoms with Gasteiger partial charge in [-0.05, 0) is 62.1 Å². The molecule has 1 aromatic heterocycles. The molecular weight excluding hydrogens is 392 g/mol. The Labute approximate surface area is 182 Å². The smallest absolute Gasteiger partial charge is 0.244 e. The van der Waals surface area contributed by atoms with E-state index in [0.717, 1.165) is 30.6 Å². The number of aliphatic hydroxyl groups is 1. The average Bonchev–Trinajstić information content (AvgIpc) is 3.26. The lowest BCUT2D eigenvalue weighted by atomic mass is 9.55. The van der Waals surface area contributed by atoms with Gasteiger partial charge in [0.1, 0.15) is 5.75 Å². The summed E-state index contributed by atoms with van der Waals surface area (Å²) in [6, 6.07) is 8.95. The number of nitrogens with one attached hydrogen (secondary N) is 1. The molecule has 1 amide bonds. The molecule has 0 spiro atoms. The standard InChI is InChI=1S/C25H30N2O4/c1-2-12-27-13-11-24(20-4-3-5-22(28)15-20)16-21(8-10-25(24,30)18-27)26-23(29)7-6-19-9-14-31-17-19/h2-7,9,14-15,17,21,28,30H,1,8,10-13,16,18H2,(H,26,29)/b7-6+/t21-,24+,25+/m1/s1. The second-order valence-electron chi connectivity index (χ2n) is 8.78. The monoisotopic (exact) mass is 422 g/mol. The van der Waals surface area contributed by atoms with Gasteiger partial charge in [0.15, 0.2) is 0 Å². The molecule has 2 fully saturated rings. The number of hydrogen-bond acceptors (Lipinski definition) is 5. The number of β-amino-alcohol motifs (C(OH)–C–C–N with tert-alkyl or cyclic N) is 1. The van der Waals surface area contributed by atoms with Crippen LogP contribution in [0.25, 0.3) is 6.08 Å². The van der Waals surface area contributed by atoms with E-state index in [9.17, 15) is 15.0 Å². The third kappa shape index (κ3) is 4.31. The maximum Gasteiger partial charge on any atom is 0.244 e. The molecule has 2 aliphatic rings. The first-order valence-corrected chi connectivity index (χ1v) is 10.8. The highest BCUT2D eigenvalue weighted by Gasteiger charge is 2.57. The van der Waals surface area contributed by atoms with Gasteiger partial charge in [-0.15, -0.1) is 6.58 Å². The zero-order valence-electron chi connectivity index (χ0n) is 17.7. The van der Waals surface area contributed by atoms with E-state index >= 15 is 0 Å². The number of phenolic OH excluding ortho intramolecular Hbond substituents is 1. The van der Waals surface area contributed by atoms with Crippen molar-refractivity contribution in [3.63, 3.8) is 0 Å². The molecule has 3 N–H and O–H groups in total. The lowest BCUT2D eigenvalue weighted by Crippen LogP contribution is -2.67. The first-order chi connectivity index (χ1) is 14.9. The molecule has 0 unspecified atom stereocenters. The molecule has 2 aromatic rings. The van der Waals surface area contributed by atoms with Crippen LogP contribution in [0.3, 0.4) is 0 Å². The summed E-state index contributed by atoms with van der Waals surface area (Å²) in [5, 5.41) is 25.1. The van der Waals surface area contributed by atoms with Gasteiger partial charge in [-0.1, -0.05) is 18.2 Å². The third-order valence-electron chi connectivity index (χ3n) is 6.83. The zero-order chi connectivity index (χ0) is 21.9. The van der Waals surface area contributed by atoms with Gasteiger partial charge in [0.2, 0.25) is 5.91 Å². The maximum absolute atomic E-state index is 12.5. The minimum Gasteiger partial charge on any atom is -0.508 e. The van der Waals surface area contributed by atoms with Crippen molar-refractivity contribution < 1.29 is 19.4 Å². The molecule has 1 aliphatic heterocycles. The summed E-state index contributed by atoms with van der Waals surface area (Å²) in [6.07, 6.45) is 10.9. The van der Waals surface area contributed by atoms with E-state index in [1.54, 1.807) is 36.8 Å². The number of piperidine rings is 1. The van der Waals surface area contributed by atoms with E-state index in [0.29, 0.717) is 25.8 Å². The number of furan rings is 1. The van der Waals surface area contributed by atoms with Crippen molar-refractivity contribution in [2.75, 3.05) is 19.6 Å². The second-order valence-corrected chi connectivity index (χ2v) is 8.78. The molecule has 1 saturated heterocycles. The largest absolute Gasteiger partial charge is 0.508 e. The predicted octanol–water partition coefficient (Wildman–Crippen LogP) is 3.23. The van der Waals surface area contributed by atoms with E-state index in [-0.39, 0.29) is 17.7 Å². The van der Waals surface area contributed by atoms with E-state index < -0.39 is 11.0 Å². The first-order valence-electron chi connectivity index (χ1n) is 10.8. The van der Waals surface area contributed by atoms with Crippen molar-refractivity contribution >= 4 is 12.0 Å². The van der Waals surface area contributed by atoms with Crippen molar-refractivity contribution in [2.45, 2.75) is 42.7 Å². The van der Waals surface area contributed by atoms with Gasteiger partial charge in [-0.25, -0.2) is 0 Å². The number of hydrogen-bond donors (Lipinski definition) is 3. The van der Waals surface area contributed by atoms with Crippen LogP contribution in [-0.2, 0) is 10.2 Å². The van der Waals surface area contributed by atoms with E-state index in [1.165, 1.54) is 6.08 Å². The van der Waals surface area contributed by atoms with E-state index in [4.69, 9.17) is 4.42 Å². The molecule has 1 aliphatic carbocycles. The molecule has 164 valence electrons. The zero-order valence-corrected chi connectivity index (χ0v) is 17.7. The summed E-state index contributed by atoms with van der Waals surface area (Å²) in [5.74, 6) is 0.0312. The molecule has 0 bridgehead atoms. The van der Waals surface area contributed by atoms with Gasteiger partial charge in [0.25, 0.3) is 0 Å². The van der Waals surface area contributed by atoms with Crippen LogP contribution in [0, 0.1) is 0 Å². The lowest BCUT2D eigenvalue weighted by Gasteiger charge is -2.58. The Morgan fingerprint density at radius 2 is 2.23 bits per heavy atom. The summed E-state index contributed by atoms with van der Waals surface area (Å²) >= 11 is 0. The number of nitrogens with zero attached hydrogens (tertiary/aromatic N) is 1. The Morgan fingerprint density at radius 1 is 1.35 bits per heavy atom. The highest BCUT2D eigenvalue weighted by molar-refractivity contribution is 5.91. The fraction of sp³-hybridized carbons (Fsp3) is 0.400. The van der Waals surface area contributed by atoms with Crippen molar-refractivity contribution in [2.24, 2.45) is 0 Å². The number of carbonyl (C=O) groups is 1. The Morgan fingerprint density at radius 3 is 2.97 bits per heavy atom. The Bertz CT molecular complexity index is 954. The topological polar surface area (TPSA) is 85.9 Å². The third-order valence-corrected chi connectivity index (χ3v) is 6.83. The van der Waals surface area contributed by atoms with Crippen LogP contribution in [0.2, 0.25) is 0 Å².